The lowest BCUT2D eigenvalue weighted by atomic mass is 10.1. The Morgan fingerprint density at radius 2 is 1.62 bits per heavy atom. The van der Waals surface area contributed by atoms with Crippen LogP contribution in [0.25, 0.3) is 0 Å². The third-order valence-electron chi connectivity index (χ3n) is 5.98. The summed E-state index contributed by atoms with van der Waals surface area (Å²) >= 11 is 18.5. The maximum absolute atomic E-state index is 14.0. The smallest absolute Gasteiger partial charge is 0.264 e. The van der Waals surface area contributed by atoms with Gasteiger partial charge in [0.05, 0.1) is 20.6 Å². The van der Waals surface area contributed by atoms with E-state index < -0.39 is 28.5 Å². The van der Waals surface area contributed by atoms with E-state index in [0.717, 1.165) is 10.7 Å². The van der Waals surface area contributed by atoms with E-state index in [9.17, 15) is 18.0 Å². The molecule has 0 saturated carbocycles. The summed E-state index contributed by atoms with van der Waals surface area (Å²) in [6.07, 6.45) is 1.03. The summed E-state index contributed by atoms with van der Waals surface area (Å²) in [5, 5.41) is 3.81. The number of anilines is 1. The van der Waals surface area contributed by atoms with Gasteiger partial charge in [-0.15, -0.1) is 0 Å². The fourth-order valence-corrected chi connectivity index (χ4v) is 5.93. The summed E-state index contributed by atoms with van der Waals surface area (Å²) in [6.45, 7) is 3.62. The number of carbonyl (C=O) groups is 2. The van der Waals surface area contributed by atoms with Gasteiger partial charge in [-0.2, -0.15) is 0 Å². The Morgan fingerprint density at radius 3 is 2.23 bits per heavy atom. The molecule has 0 saturated heterocycles. The number of hydrogen-bond acceptors (Lipinski definition) is 4. The first-order chi connectivity index (χ1) is 18.6. The predicted molar refractivity (Wildman–Crippen MR) is 157 cm³/mol. The van der Waals surface area contributed by atoms with Gasteiger partial charge in [0.2, 0.25) is 11.8 Å². The number of halogens is 3. The van der Waals surface area contributed by atoms with Gasteiger partial charge < -0.3 is 10.2 Å². The Bertz CT molecular complexity index is 1400. The average molecular weight is 611 g/mol. The zero-order chi connectivity index (χ0) is 28.6. The lowest BCUT2D eigenvalue weighted by molar-refractivity contribution is -0.140. The van der Waals surface area contributed by atoms with Crippen molar-refractivity contribution in [2.24, 2.45) is 0 Å². The molecule has 3 aromatic rings. The van der Waals surface area contributed by atoms with Crippen molar-refractivity contribution in [3.63, 3.8) is 0 Å². The van der Waals surface area contributed by atoms with Crippen LogP contribution in [0.5, 0.6) is 0 Å². The SMILES string of the molecule is CCCNC(=O)C(CC)N(Cc1ccc(Cl)c(Cl)c1)C(=O)CN(c1cccc(Cl)c1)S(=O)(=O)c1ccccc1. The van der Waals surface area contributed by atoms with Gasteiger partial charge >= 0.3 is 0 Å². The molecule has 0 aliphatic heterocycles. The van der Waals surface area contributed by atoms with Gasteiger partial charge in [0.1, 0.15) is 12.6 Å². The Kier molecular flexibility index (Phi) is 11.1. The van der Waals surface area contributed by atoms with Crippen molar-refractivity contribution in [3.05, 3.63) is 93.4 Å². The number of sulfonamides is 1. The Hall–Kier alpha value is -2.78. The molecule has 0 aromatic heterocycles. The summed E-state index contributed by atoms with van der Waals surface area (Å²) in [6, 6.07) is 18.2. The number of benzene rings is 3. The molecule has 0 aliphatic carbocycles. The van der Waals surface area contributed by atoms with E-state index >= 15 is 0 Å². The van der Waals surface area contributed by atoms with Crippen molar-refractivity contribution < 1.29 is 18.0 Å². The summed E-state index contributed by atoms with van der Waals surface area (Å²) in [5.74, 6) is -0.896. The van der Waals surface area contributed by atoms with Gasteiger partial charge in [0, 0.05) is 18.1 Å². The van der Waals surface area contributed by atoms with E-state index in [1.807, 2.05) is 6.92 Å². The number of amides is 2. The number of carbonyl (C=O) groups excluding carboxylic acids is 2. The topological polar surface area (TPSA) is 86.8 Å². The van der Waals surface area contributed by atoms with Gasteiger partial charge in [0.15, 0.2) is 0 Å². The third-order valence-corrected chi connectivity index (χ3v) is 8.74. The molecule has 1 atom stereocenters. The predicted octanol–water partition coefficient (Wildman–Crippen LogP) is 6.18. The highest BCUT2D eigenvalue weighted by atomic mass is 35.5. The van der Waals surface area contributed by atoms with Crippen molar-refractivity contribution in [2.75, 3.05) is 17.4 Å². The lowest BCUT2D eigenvalue weighted by Crippen LogP contribution is -2.52. The molecular formula is C28H30Cl3N3O4S. The van der Waals surface area contributed by atoms with Crippen LogP contribution in [0.3, 0.4) is 0 Å². The third kappa shape index (κ3) is 7.88. The van der Waals surface area contributed by atoms with Crippen LogP contribution in [0.4, 0.5) is 5.69 Å². The Balaban J connectivity index is 2.05. The van der Waals surface area contributed by atoms with E-state index in [2.05, 4.69) is 5.32 Å². The van der Waals surface area contributed by atoms with E-state index in [1.165, 1.54) is 23.1 Å². The van der Waals surface area contributed by atoms with Crippen LogP contribution < -0.4 is 9.62 Å². The van der Waals surface area contributed by atoms with Crippen molar-refractivity contribution in [3.8, 4) is 0 Å². The highest BCUT2D eigenvalue weighted by molar-refractivity contribution is 7.92. The van der Waals surface area contributed by atoms with Gasteiger partial charge in [0.25, 0.3) is 10.0 Å². The molecule has 208 valence electrons. The molecule has 7 nitrogen and oxygen atoms in total. The number of nitrogens with zero attached hydrogens (tertiary/aromatic N) is 2. The summed E-state index contributed by atoms with van der Waals surface area (Å²) in [4.78, 5) is 28.5. The van der Waals surface area contributed by atoms with Crippen molar-refractivity contribution in [2.45, 2.75) is 44.2 Å². The molecule has 11 heteroatoms. The first-order valence-corrected chi connectivity index (χ1v) is 15.0. The second kappa shape index (κ2) is 14.0. The largest absolute Gasteiger partial charge is 0.354 e. The molecule has 0 fully saturated rings. The second-order valence-corrected chi connectivity index (χ2v) is 11.9. The van der Waals surface area contributed by atoms with E-state index in [0.29, 0.717) is 33.6 Å². The van der Waals surface area contributed by atoms with Gasteiger partial charge in [-0.05, 0) is 60.9 Å². The number of rotatable bonds is 12. The number of hydrogen-bond donors (Lipinski definition) is 1. The molecule has 3 rings (SSSR count). The highest BCUT2D eigenvalue weighted by Crippen LogP contribution is 2.28. The summed E-state index contributed by atoms with van der Waals surface area (Å²) in [5.41, 5.74) is 0.859. The second-order valence-electron chi connectivity index (χ2n) is 8.79. The molecule has 1 unspecified atom stereocenters. The van der Waals surface area contributed by atoms with Crippen molar-refractivity contribution >= 4 is 62.3 Å². The van der Waals surface area contributed by atoms with Crippen molar-refractivity contribution in [1.29, 1.82) is 0 Å². The molecule has 0 aliphatic rings. The molecular weight excluding hydrogens is 581 g/mol. The van der Waals surface area contributed by atoms with Gasteiger partial charge in [-0.25, -0.2) is 8.42 Å². The molecule has 0 radical (unpaired) electrons. The van der Waals surface area contributed by atoms with Crippen LogP contribution in [0, 0.1) is 0 Å². The first kappa shape index (κ1) is 30.8. The quantitative estimate of drug-likeness (QED) is 0.266. The zero-order valence-electron chi connectivity index (χ0n) is 21.6. The number of nitrogens with one attached hydrogen (secondary N) is 1. The van der Waals surface area contributed by atoms with Crippen LogP contribution in [0.15, 0.2) is 77.7 Å². The fourth-order valence-electron chi connectivity index (χ4n) is 4.00. The van der Waals surface area contributed by atoms with Crippen LogP contribution in [-0.4, -0.2) is 44.3 Å². The first-order valence-electron chi connectivity index (χ1n) is 12.4. The lowest BCUT2D eigenvalue weighted by Gasteiger charge is -2.33. The molecule has 2 amide bonds. The summed E-state index contributed by atoms with van der Waals surface area (Å²) in [7, 11) is -4.16. The zero-order valence-corrected chi connectivity index (χ0v) is 24.7. The molecule has 0 spiro atoms. The van der Waals surface area contributed by atoms with Crippen LogP contribution in [0.2, 0.25) is 15.1 Å². The minimum absolute atomic E-state index is 0.0153. The molecule has 1 N–H and O–H groups in total. The Labute approximate surface area is 244 Å². The van der Waals surface area contributed by atoms with Gasteiger partial charge in [-0.3, -0.25) is 13.9 Å². The van der Waals surface area contributed by atoms with Gasteiger partial charge in [-0.1, -0.05) is 79.0 Å². The maximum atomic E-state index is 14.0. The van der Waals surface area contributed by atoms with Crippen molar-refractivity contribution in [1.82, 2.24) is 10.2 Å². The minimum Gasteiger partial charge on any atom is -0.354 e. The van der Waals surface area contributed by atoms with E-state index in [-0.39, 0.29) is 23.0 Å². The Morgan fingerprint density at radius 1 is 0.897 bits per heavy atom. The molecule has 39 heavy (non-hydrogen) atoms. The van der Waals surface area contributed by atoms with E-state index in [1.54, 1.807) is 61.5 Å². The van der Waals surface area contributed by atoms with Crippen LogP contribution >= 0.6 is 34.8 Å². The fraction of sp³-hybridized carbons (Fsp3) is 0.286. The normalized spacial score (nSPS) is 12.0. The minimum atomic E-state index is -4.16. The van der Waals surface area contributed by atoms with E-state index in [4.69, 9.17) is 34.8 Å². The summed E-state index contributed by atoms with van der Waals surface area (Å²) < 4.78 is 28.5. The molecule has 3 aromatic carbocycles. The van der Waals surface area contributed by atoms with Crippen LogP contribution in [-0.2, 0) is 26.2 Å². The highest BCUT2D eigenvalue weighted by Gasteiger charge is 2.33. The standard InChI is InChI=1S/C28H30Cl3N3O4S/c1-3-15-32-28(36)26(4-2)33(18-20-13-14-24(30)25(31)16-20)27(35)19-34(22-10-8-9-21(29)17-22)39(37,38)23-11-6-5-7-12-23/h5-14,16-17,26H,3-4,15,18-19H2,1-2H3,(H,32,36). The maximum Gasteiger partial charge on any atom is 0.264 e. The average Bonchev–Trinajstić information content (AvgIpc) is 2.92. The molecule has 0 heterocycles. The molecule has 0 bridgehead atoms. The van der Waals surface area contributed by atoms with Crippen LogP contribution in [0.1, 0.15) is 32.3 Å². The monoisotopic (exact) mass is 609 g/mol.